The van der Waals surface area contributed by atoms with Crippen molar-refractivity contribution in [2.24, 2.45) is 0 Å². The maximum atomic E-state index is 12.2. The molecule has 0 saturated carbocycles. The molecule has 24 heavy (non-hydrogen) atoms. The van der Waals surface area contributed by atoms with Crippen LogP contribution in [-0.2, 0) is 15.9 Å². The minimum absolute atomic E-state index is 0.144. The predicted octanol–water partition coefficient (Wildman–Crippen LogP) is 1.62. The number of halogens is 1. The fourth-order valence-corrected chi connectivity index (χ4v) is 3.31. The van der Waals surface area contributed by atoms with Crippen LogP contribution in [0.3, 0.4) is 0 Å². The number of hydrogen-bond acceptors (Lipinski definition) is 4. The van der Waals surface area contributed by atoms with Crippen LogP contribution in [0.4, 0.5) is 0 Å². The zero-order valence-corrected chi connectivity index (χ0v) is 15.1. The summed E-state index contributed by atoms with van der Waals surface area (Å²) < 4.78 is 26.9. The van der Waals surface area contributed by atoms with E-state index in [0.29, 0.717) is 24.3 Å². The van der Waals surface area contributed by atoms with Crippen molar-refractivity contribution < 1.29 is 8.42 Å². The van der Waals surface area contributed by atoms with E-state index in [-0.39, 0.29) is 16.3 Å². The van der Waals surface area contributed by atoms with Gasteiger partial charge >= 0.3 is 0 Å². The van der Waals surface area contributed by atoms with Gasteiger partial charge in [0.1, 0.15) is 0 Å². The van der Waals surface area contributed by atoms with Crippen LogP contribution in [0, 0.1) is 0 Å². The highest BCUT2D eigenvalue weighted by Crippen LogP contribution is 2.19. The molecule has 0 radical (unpaired) electrons. The van der Waals surface area contributed by atoms with Crippen LogP contribution < -0.4 is 10.3 Å². The minimum atomic E-state index is -3.54. The Kier molecular flexibility index (Phi) is 6.17. The molecule has 2 rings (SSSR count). The number of aromatic amines is 1. The van der Waals surface area contributed by atoms with E-state index in [1.807, 2.05) is 19.0 Å². The fraction of sp³-hybridized carbons (Fsp3) is 0.312. The molecule has 0 aliphatic carbocycles. The quantitative estimate of drug-likeness (QED) is 0.726. The lowest BCUT2D eigenvalue weighted by Crippen LogP contribution is -2.31. The molecule has 6 nitrogen and oxygen atoms in total. The first kappa shape index (κ1) is 18.7. The van der Waals surface area contributed by atoms with Gasteiger partial charge in [-0.1, -0.05) is 18.2 Å². The molecule has 0 amide bonds. The lowest BCUT2D eigenvalue weighted by molar-refractivity contribution is 0.412. The highest BCUT2D eigenvalue weighted by Gasteiger charge is 2.13. The summed E-state index contributed by atoms with van der Waals surface area (Å²) in [4.78, 5) is 16.6. The van der Waals surface area contributed by atoms with Crippen molar-refractivity contribution in [2.75, 3.05) is 27.2 Å². The van der Waals surface area contributed by atoms with Crippen molar-refractivity contribution in [3.63, 3.8) is 0 Å². The van der Waals surface area contributed by atoms with Crippen LogP contribution in [0.2, 0.25) is 0 Å². The molecule has 1 aromatic heterocycles. The van der Waals surface area contributed by atoms with Crippen LogP contribution >= 0.6 is 11.6 Å². The van der Waals surface area contributed by atoms with Gasteiger partial charge < -0.3 is 9.88 Å². The highest BCUT2D eigenvalue weighted by atomic mass is 35.5. The first-order valence-electron chi connectivity index (χ1n) is 7.36. The third kappa shape index (κ3) is 4.67. The number of nitrogens with one attached hydrogen (secondary N) is 2. The van der Waals surface area contributed by atoms with Crippen molar-refractivity contribution in [1.29, 1.82) is 0 Å². The zero-order chi connectivity index (χ0) is 17.7. The van der Waals surface area contributed by atoms with Gasteiger partial charge in [-0.25, -0.2) is 13.1 Å². The van der Waals surface area contributed by atoms with Gasteiger partial charge in [-0.15, -0.1) is 11.6 Å². The molecule has 0 fully saturated rings. The third-order valence-corrected chi connectivity index (χ3v) is 5.23. The number of H-pyrrole nitrogens is 1. The Morgan fingerprint density at radius 3 is 2.33 bits per heavy atom. The summed E-state index contributed by atoms with van der Waals surface area (Å²) in [7, 11) is 0.209. The van der Waals surface area contributed by atoms with Crippen LogP contribution in [0.15, 0.2) is 46.1 Å². The van der Waals surface area contributed by atoms with Crippen molar-refractivity contribution in [2.45, 2.75) is 10.8 Å². The average molecular weight is 370 g/mol. The predicted molar refractivity (Wildman–Crippen MR) is 95.8 cm³/mol. The number of rotatable bonds is 7. The standard InChI is InChI=1S/C16H20ClN3O3S/c1-20(2)10-9-18-24(22,23)14-6-3-12(4-7-14)15-8-5-13(11-17)16(21)19-15/h3-8,18H,9-11H2,1-2H3,(H,19,21). The Bertz CT molecular complexity index is 846. The van der Waals surface area contributed by atoms with Crippen LogP contribution in [0.25, 0.3) is 11.3 Å². The maximum Gasteiger partial charge on any atom is 0.252 e. The SMILES string of the molecule is CN(C)CCNS(=O)(=O)c1ccc(-c2ccc(CCl)c(=O)[nH]2)cc1. The molecule has 0 atom stereocenters. The fourth-order valence-electron chi connectivity index (χ4n) is 2.08. The van der Waals surface area contributed by atoms with Gasteiger partial charge in [0.05, 0.1) is 10.8 Å². The van der Waals surface area contributed by atoms with Gasteiger partial charge in [-0.05, 0) is 37.9 Å². The van der Waals surface area contributed by atoms with Crippen molar-refractivity contribution >= 4 is 21.6 Å². The van der Waals surface area contributed by atoms with E-state index in [1.165, 1.54) is 12.1 Å². The Morgan fingerprint density at radius 2 is 1.79 bits per heavy atom. The van der Waals surface area contributed by atoms with Gasteiger partial charge in [-0.3, -0.25) is 4.79 Å². The summed E-state index contributed by atoms with van der Waals surface area (Å²) >= 11 is 5.67. The zero-order valence-electron chi connectivity index (χ0n) is 13.5. The number of alkyl halides is 1. The van der Waals surface area contributed by atoms with E-state index >= 15 is 0 Å². The lowest BCUT2D eigenvalue weighted by Gasteiger charge is -2.11. The van der Waals surface area contributed by atoms with Gasteiger partial charge in [-0.2, -0.15) is 0 Å². The van der Waals surface area contributed by atoms with Crippen molar-refractivity contribution in [3.8, 4) is 11.3 Å². The minimum Gasteiger partial charge on any atom is -0.322 e. The van der Waals surface area contributed by atoms with Crippen LogP contribution in [0.5, 0.6) is 0 Å². The average Bonchev–Trinajstić information content (AvgIpc) is 2.54. The maximum absolute atomic E-state index is 12.2. The number of benzene rings is 1. The molecule has 0 spiro atoms. The van der Waals surface area contributed by atoms with E-state index in [4.69, 9.17) is 11.6 Å². The topological polar surface area (TPSA) is 82.3 Å². The Balaban J connectivity index is 2.18. The summed E-state index contributed by atoms with van der Waals surface area (Å²) in [6.45, 7) is 0.954. The second kappa shape index (κ2) is 7.94. The van der Waals surface area contributed by atoms with Gasteiger partial charge in [0.2, 0.25) is 10.0 Å². The molecule has 2 N–H and O–H groups in total. The van der Waals surface area contributed by atoms with Crippen LogP contribution in [0.1, 0.15) is 5.56 Å². The number of aromatic nitrogens is 1. The Labute approximate surface area is 146 Å². The Morgan fingerprint density at radius 1 is 1.12 bits per heavy atom. The molecule has 130 valence electrons. The molecule has 1 heterocycles. The van der Waals surface area contributed by atoms with E-state index in [2.05, 4.69) is 9.71 Å². The molecule has 0 unspecified atom stereocenters. The van der Waals surface area contributed by atoms with Crippen molar-refractivity contribution in [3.05, 3.63) is 52.3 Å². The molecule has 0 aliphatic rings. The van der Waals surface area contributed by atoms with Crippen LogP contribution in [-0.4, -0.2) is 45.5 Å². The van der Waals surface area contributed by atoms with Crippen molar-refractivity contribution in [1.82, 2.24) is 14.6 Å². The summed E-state index contributed by atoms with van der Waals surface area (Å²) in [5.74, 6) is 0.144. The van der Waals surface area contributed by atoms with E-state index in [0.717, 1.165) is 5.56 Å². The number of pyridine rings is 1. The molecular formula is C16H20ClN3O3S. The number of hydrogen-bond donors (Lipinski definition) is 2. The summed E-state index contributed by atoms with van der Waals surface area (Å²) in [5, 5.41) is 0. The van der Waals surface area contributed by atoms with E-state index in [1.54, 1.807) is 24.3 Å². The second-order valence-electron chi connectivity index (χ2n) is 5.59. The first-order valence-corrected chi connectivity index (χ1v) is 9.38. The van der Waals surface area contributed by atoms with E-state index < -0.39 is 10.0 Å². The smallest absolute Gasteiger partial charge is 0.252 e. The van der Waals surface area contributed by atoms with Gasteiger partial charge in [0.15, 0.2) is 0 Å². The summed E-state index contributed by atoms with van der Waals surface area (Å²) in [5.41, 5.74) is 1.58. The summed E-state index contributed by atoms with van der Waals surface area (Å²) in [6, 6.07) is 9.76. The highest BCUT2D eigenvalue weighted by molar-refractivity contribution is 7.89. The molecule has 0 aliphatic heterocycles. The second-order valence-corrected chi connectivity index (χ2v) is 7.62. The monoisotopic (exact) mass is 369 g/mol. The largest absolute Gasteiger partial charge is 0.322 e. The normalized spacial score (nSPS) is 11.8. The molecule has 1 aromatic carbocycles. The first-order chi connectivity index (χ1) is 11.3. The van der Waals surface area contributed by atoms with Gasteiger partial charge in [0.25, 0.3) is 5.56 Å². The number of nitrogens with zero attached hydrogens (tertiary/aromatic N) is 1. The molecule has 0 saturated heterocycles. The van der Waals surface area contributed by atoms with Gasteiger partial charge in [0, 0.05) is 24.3 Å². The number of sulfonamides is 1. The third-order valence-electron chi connectivity index (χ3n) is 3.46. The Hall–Kier alpha value is -1.67. The lowest BCUT2D eigenvalue weighted by atomic mass is 10.1. The molecule has 8 heteroatoms. The van der Waals surface area contributed by atoms with E-state index in [9.17, 15) is 13.2 Å². The summed E-state index contributed by atoms with van der Waals surface area (Å²) in [6.07, 6.45) is 0. The number of likely N-dealkylation sites (N-methyl/N-ethyl adjacent to an activating group) is 1. The molecular weight excluding hydrogens is 350 g/mol. The molecule has 2 aromatic rings. The molecule has 0 bridgehead atoms.